The third-order valence-electron chi connectivity index (χ3n) is 13.7. The zero-order valence-corrected chi connectivity index (χ0v) is 47.2. The first-order valence-electron chi connectivity index (χ1n) is 27.3. The van der Waals surface area contributed by atoms with Crippen molar-refractivity contribution in [3.8, 4) is 17.6 Å². The lowest BCUT2D eigenvalue weighted by Crippen LogP contribution is -2.56. The molecule has 6 amide bonds. The molecular formula is C60H77Cl2N9O8. The number of nitrogens with two attached hydrogens (primary N) is 1. The number of amidine groups is 1. The number of nitrogens with zero attached hydrogens (tertiary/aromatic N) is 1. The second-order valence-corrected chi connectivity index (χ2v) is 21.6. The average molecular weight is 1120 g/mol. The number of benzene rings is 4. The zero-order valence-electron chi connectivity index (χ0n) is 45.7. The number of amides is 6. The molecule has 9 N–H and O–H groups in total. The standard InChI is InChI=1S/C30H40ClN5O4.C30H37ClN4O4/c1-19(2)27-30(39)35-24(18-26(32)33)29(38)34-14-6-10-21-9-3-4-13-25(21)40-15-7-11-22(28(37)36-27)16-20-8-5-12-23(31)17-20;1-20(2)27-30(38)34-25(14-15-32)29(37)33-16-6-10-22-9-3-4-13-26(22)39-17-7-11-23(28(36)35-27)18-21-8-5-12-24(31)19-21/h3-5,8-9,12-13,17,19,22,24,27H,6-7,10-11,14-16,18H2,1-2H3,(H3,32,33)(H,34,38)(H,35,39)(H,36,37);3-5,8-9,12-13,19-20,23,25,27H,6-7,10-11,14,16-18H2,1-2H3,(H,33,37)(H,34,38)(H,35,36)/t22-,24+,27-;23-,25+,27-/m11/s1. The van der Waals surface area contributed by atoms with E-state index in [0.29, 0.717) is 101 Å². The Morgan fingerprint density at radius 2 is 1.03 bits per heavy atom. The number of halogens is 2. The zero-order chi connectivity index (χ0) is 57.3. The predicted octanol–water partition coefficient (Wildman–Crippen LogP) is 7.33. The number of hydrogen-bond donors (Lipinski definition) is 8. The summed E-state index contributed by atoms with van der Waals surface area (Å²) in [5.74, 6) is -2.35. The number of carbonyl (C=O) groups is 6. The molecule has 0 saturated heterocycles. The quantitative estimate of drug-likeness (QED) is 0.0611. The lowest BCUT2D eigenvalue weighted by atomic mass is 9.92. The molecule has 6 atom stereocenters. The number of aryl methyl sites for hydroxylation is 2. The maximum atomic E-state index is 13.6. The summed E-state index contributed by atoms with van der Waals surface area (Å²) in [7, 11) is 0. The molecule has 0 unspecified atom stereocenters. The molecule has 2 heterocycles. The molecule has 424 valence electrons. The van der Waals surface area contributed by atoms with Gasteiger partial charge in [-0.25, -0.2) is 0 Å². The van der Waals surface area contributed by atoms with Crippen LogP contribution in [0.3, 0.4) is 0 Å². The van der Waals surface area contributed by atoms with Crippen molar-refractivity contribution in [2.75, 3.05) is 26.3 Å². The molecule has 2 aliphatic rings. The lowest BCUT2D eigenvalue weighted by Gasteiger charge is -2.27. The number of nitriles is 1. The van der Waals surface area contributed by atoms with Crippen LogP contribution in [0.2, 0.25) is 10.0 Å². The van der Waals surface area contributed by atoms with E-state index in [1.807, 2.05) is 119 Å². The van der Waals surface area contributed by atoms with E-state index in [9.17, 15) is 34.0 Å². The smallest absolute Gasteiger partial charge is 0.243 e. The minimum Gasteiger partial charge on any atom is -0.493 e. The van der Waals surface area contributed by atoms with Gasteiger partial charge in [0.1, 0.15) is 35.7 Å². The number of para-hydroxylation sites is 2. The maximum Gasteiger partial charge on any atom is 0.243 e. The highest BCUT2D eigenvalue weighted by Gasteiger charge is 2.33. The second kappa shape index (κ2) is 32.7. The molecule has 4 aromatic rings. The summed E-state index contributed by atoms with van der Waals surface area (Å²) < 4.78 is 12.2. The summed E-state index contributed by atoms with van der Waals surface area (Å²) in [5, 5.41) is 35.0. The fraction of sp³-hybridized carbons (Fsp3) is 0.467. The molecule has 19 heteroatoms. The van der Waals surface area contributed by atoms with Crippen LogP contribution >= 0.6 is 23.2 Å². The van der Waals surface area contributed by atoms with Gasteiger partial charge in [-0.1, -0.05) is 112 Å². The normalized spacial score (nSPS) is 21.7. The Bertz CT molecular complexity index is 2730. The van der Waals surface area contributed by atoms with Crippen LogP contribution in [0.15, 0.2) is 97.1 Å². The lowest BCUT2D eigenvalue weighted by molar-refractivity contribution is -0.134. The second-order valence-electron chi connectivity index (χ2n) is 20.7. The summed E-state index contributed by atoms with van der Waals surface area (Å²) >= 11 is 12.4. The van der Waals surface area contributed by atoms with Gasteiger partial charge in [0.05, 0.1) is 31.5 Å². The molecule has 6 rings (SSSR count). The summed E-state index contributed by atoms with van der Waals surface area (Å²) in [4.78, 5) is 79.4. The van der Waals surface area contributed by atoms with Crippen LogP contribution in [0, 0.1) is 40.4 Å². The SMILES string of the molecule is CC(C)[C@H]1NC(=O)[C@@H](Cc2cccc(Cl)c2)CCCOc2ccccc2CCCNC(=O)[C@H](CC#N)NC1=O.CC(C)[C@H]1NC(=O)[C@@H](Cc2cccc(Cl)c2)CCCOc2ccccc2CCCNC(=O)[C@H](CC(=N)N)NC1=O. The van der Waals surface area contributed by atoms with E-state index in [4.69, 9.17) is 43.8 Å². The van der Waals surface area contributed by atoms with E-state index in [2.05, 4.69) is 31.9 Å². The van der Waals surface area contributed by atoms with Gasteiger partial charge in [0.15, 0.2) is 0 Å². The number of hydrogen-bond acceptors (Lipinski definition) is 10. The predicted molar refractivity (Wildman–Crippen MR) is 306 cm³/mol. The molecule has 4 aromatic carbocycles. The Morgan fingerprint density at radius 3 is 1.44 bits per heavy atom. The largest absolute Gasteiger partial charge is 0.493 e. The molecule has 2 aliphatic heterocycles. The number of fused-ring (bicyclic) bond motifs is 2. The first-order valence-corrected chi connectivity index (χ1v) is 28.0. The van der Waals surface area contributed by atoms with Gasteiger partial charge in [0.25, 0.3) is 0 Å². The Kier molecular flexibility index (Phi) is 25.9. The van der Waals surface area contributed by atoms with Gasteiger partial charge in [-0.15, -0.1) is 0 Å². The van der Waals surface area contributed by atoms with Gasteiger partial charge in [-0.3, -0.25) is 34.2 Å². The fourth-order valence-electron chi connectivity index (χ4n) is 9.37. The Balaban J connectivity index is 0.000000291. The van der Waals surface area contributed by atoms with Crippen LogP contribution in [0.25, 0.3) is 0 Å². The highest BCUT2D eigenvalue weighted by atomic mass is 35.5. The average Bonchev–Trinajstić information content (AvgIpc) is 3.41. The maximum absolute atomic E-state index is 13.6. The summed E-state index contributed by atoms with van der Waals surface area (Å²) in [6, 6.07) is 28.6. The number of rotatable bonds is 9. The molecule has 17 nitrogen and oxygen atoms in total. The molecule has 0 aliphatic carbocycles. The van der Waals surface area contributed by atoms with E-state index in [1.54, 1.807) is 12.1 Å². The number of ether oxygens (including phenoxy) is 2. The van der Waals surface area contributed by atoms with Crippen LogP contribution < -0.4 is 47.1 Å². The molecule has 0 spiro atoms. The van der Waals surface area contributed by atoms with Crippen molar-refractivity contribution < 1.29 is 38.2 Å². The minimum absolute atomic E-state index is 0.135. The molecule has 0 radical (unpaired) electrons. The van der Waals surface area contributed by atoms with Crippen LogP contribution in [0.1, 0.15) is 101 Å². The summed E-state index contributed by atoms with van der Waals surface area (Å²) in [6.45, 7) is 8.96. The Hall–Kier alpha value is -7.16. The van der Waals surface area contributed by atoms with E-state index >= 15 is 0 Å². The highest BCUT2D eigenvalue weighted by Crippen LogP contribution is 2.25. The third kappa shape index (κ3) is 21.2. The van der Waals surface area contributed by atoms with Crippen molar-refractivity contribution in [2.24, 2.45) is 29.4 Å². The van der Waals surface area contributed by atoms with Crippen LogP contribution in [-0.4, -0.2) is 91.7 Å². The van der Waals surface area contributed by atoms with Crippen LogP contribution in [-0.2, 0) is 54.5 Å². The Labute approximate surface area is 474 Å². The highest BCUT2D eigenvalue weighted by molar-refractivity contribution is 6.30. The van der Waals surface area contributed by atoms with Crippen molar-refractivity contribution >= 4 is 64.5 Å². The summed E-state index contributed by atoms with van der Waals surface area (Å²) in [5.41, 5.74) is 9.50. The summed E-state index contributed by atoms with van der Waals surface area (Å²) in [6.07, 6.45) is 5.69. The molecule has 0 bridgehead atoms. The van der Waals surface area contributed by atoms with Gasteiger partial charge >= 0.3 is 0 Å². The topological polar surface area (TPSA) is 267 Å². The first kappa shape index (κ1) is 62.7. The van der Waals surface area contributed by atoms with Crippen LogP contribution in [0.4, 0.5) is 0 Å². The molecule has 79 heavy (non-hydrogen) atoms. The molecule has 0 fully saturated rings. The van der Waals surface area contributed by atoms with Crippen molar-refractivity contribution in [2.45, 2.75) is 129 Å². The van der Waals surface area contributed by atoms with E-state index in [-0.39, 0.29) is 42.3 Å². The van der Waals surface area contributed by atoms with Gasteiger partial charge in [0.2, 0.25) is 35.4 Å². The van der Waals surface area contributed by atoms with E-state index in [0.717, 1.165) is 33.8 Å². The molecule has 0 saturated carbocycles. The van der Waals surface area contributed by atoms with Crippen molar-refractivity contribution in [1.29, 1.82) is 10.7 Å². The van der Waals surface area contributed by atoms with Crippen molar-refractivity contribution in [3.63, 3.8) is 0 Å². The van der Waals surface area contributed by atoms with Crippen molar-refractivity contribution in [1.82, 2.24) is 31.9 Å². The minimum atomic E-state index is -1.03. The third-order valence-corrected chi connectivity index (χ3v) is 14.1. The number of carbonyl (C=O) groups excluding carboxylic acids is 6. The Morgan fingerprint density at radius 1 is 0.595 bits per heavy atom. The molecule has 0 aromatic heterocycles. The van der Waals surface area contributed by atoms with Gasteiger partial charge in [-0.2, -0.15) is 5.26 Å². The van der Waals surface area contributed by atoms with E-state index < -0.39 is 59.6 Å². The number of nitrogens with one attached hydrogen (secondary N) is 7. The fourth-order valence-corrected chi connectivity index (χ4v) is 9.79. The van der Waals surface area contributed by atoms with Crippen LogP contribution in [0.5, 0.6) is 11.5 Å². The van der Waals surface area contributed by atoms with Crippen molar-refractivity contribution in [3.05, 3.63) is 129 Å². The van der Waals surface area contributed by atoms with Gasteiger partial charge < -0.3 is 47.1 Å². The van der Waals surface area contributed by atoms with Gasteiger partial charge in [-0.05, 0) is 135 Å². The first-order chi connectivity index (χ1) is 37.9. The van der Waals surface area contributed by atoms with E-state index in [1.165, 1.54) is 0 Å². The van der Waals surface area contributed by atoms with Gasteiger partial charge in [0, 0.05) is 41.4 Å². The molecular weight excluding hydrogens is 1050 g/mol. The monoisotopic (exact) mass is 1120 g/mol.